The second-order valence-corrected chi connectivity index (χ2v) is 9.17. The first-order valence-electron chi connectivity index (χ1n) is 10.6. The number of aryl methyl sites for hydroxylation is 1. The molecule has 0 unspecified atom stereocenters. The molecule has 2 heterocycles. The maximum atomic E-state index is 13.4. The lowest BCUT2D eigenvalue weighted by atomic mass is 10.0. The van der Waals surface area contributed by atoms with Crippen LogP contribution in [0.25, 0.3) is 11.8 Å². The second-order valence-electron chi connectivity index (χ2n) is 8.34. The number of aromatic nitrogens is 1. The van der Waals surface area contributed by atoms with Gasteiger partial charge in [0.05, 0.1) is 5.69 Å². The molecular formula is C26H24ClN3O2S. The van der Waals surface area contributed by atoms with Crippen molar-refractivity contribution in [1.29, 1.82) is 0 Å². The van der Waals surface area contributed by atoms with E-state index in [-0.39, 0.29) is 10.7 Å². The molecular weight excluding hydrogens is 454 g/mol. The topological polar surface area (TPSA) is 54.3 Å². The first-order valence-corrected chi connectivity index (χ1v) is 11.4. The molecule has 5 nitrogen and oxygen atoms in total. The number of nitrogens with one attached hydrogen (secondary N) is 1. The van der Waals surface area contributed by atoms with E-state index in [1.165, 1.54) is 4.90 Å². The Morgan fingerprint density at radius 3 is 2.18 bits per heavy atom. The van der Waals surface area contributed by atoms with Crippen LogP contribution in [0.3, 0.4) is 0 Å². The first kappa shape index (κ1) is 23.0. The molecule has 1 aromatic heterocycles. The van der Waals surface area contributed by atoms with Crippen LogP contribution in [0.2, 0.25) is 5.02 Å². The summed E-state index contributed by atoms with van der Waals surface area (Å²) in [6, 6.07) is 17.1. The first-order chi connectivity index (χ1) is 15.7. The minimum atomic E-state index is -0.503. The Bertz CT molecular complexity index is 1290. The number of anilines is 1. The molecule has 3 aromatic rings. The number of rotatable bonds is 4. The van der Waals surface area contributed by atoms with Gasteiger partial charge in [-0.2, -0.15) is 0 Å². The lowest BCUT2D eigenvalue weighted by molar-refractivity contribution is -0.122. The SMILES string of the molecule is Cc1cc(C=C2C(=O)NC(=S)N(c3ccc(C(C)C)cc3)C2=O)c(C)n1-c1ccc(Cl)cc1. The van der Waals surface area contributed by atoms with Crippen molar-refractivity contribution < 1.29 is 9.59 Å². The van der Waals surface area contributed by atoms with Crippen LogP contribution in [0.15, 0.2) is 60.2 Å². The highest BCUT2D eigenvalue weighted by molar-refractivity contribution is 7.80. The Morgan fingerprint density at radius 2 is 1.58 bits per heavy atom. The van der Waals surface area contributed by atoms with Crippen molar-refractivity contribution in [3.05, 3.63) is 87.7 Å². The molecule has 0 spiro atoms. The van der Waals surface area contributed by atoms with Gasteiger partial charge in [0.15, 0.2) is 5.11 Å². The van der Waals surface area contributed by atoms with Gasteiger partial charge >= 0.3 is 0 Å². The normalized spacial score (nSPS) is 15.5. The van der Waals surface area contributed by atoms with E-state index < -0.39 is 11.8 Å². The molecule has 0 saturated carbocycles. The average Bonchev–Trinajstić information content (AvgIpc) is 3.05. The Morgan fingerprint density at radius 1 is 0.970 bits per heavy atom. The van der Waals surface area contributed by atoms with Crippen LogP contribution in [0.5, 0.6) is 0 Å². The zero-order valence-electron chi connectivity index (χ0n) is 18.8. The summed E-state index contributed by atoms with van der Waals surface area (Å²) in [5.74, 6) is -0.581. The third-order valence-electron chi connectivity index (χ3n) is 5.77. The Kier molecular flexibility index (Phi) is 6.23. The lowest BCUT2D eigenvalue weighted by Gasteiger charge is -2.29. The summed E-state index contributed by atoms with van der Waals surface area (Å²) in [6.45, 7) is 8.14. The average molecular weight is 478 g/mol. The van der Waals surface area contributed by atoms with Crippen LogP contribution in [-0.2, 0) is 9.59 Å². The molecule has 7 heteroatoms. The molecule has 1 aliphatic heterocycles. The number of carbonyl (C=O) groups excluding carboxylic acids is 2. The van der Waals surface area contributed by atoms with Crippen molar-refractivity contribution in [2.24, 2.45) is 0 Å². The minimum absolute atomic E-state index is 0.0351. The van der Waals surface area contributed by atoms with E-state index in [0.717, 1.165) is 28.2 Å². The van der Waals surface area contributed by atoms with Gasteiger partial charge in [-0.15, -0.1) is 0 Å². The Hall–Kier alpha value is -3.22. The van der Waals surface area contributed by atoms with Gasteiger partial charge in [0.25, 0.3) is 11.8 Å². The van der Waals surface area contributed by atoms with Crippen molar-refractivity contribution in [1.82, 2.24) is 9.88 Å². The van der Waals surface area contributed by atoms with E-state index in [2.05, 4.69) is 23.7 Å². The smallest absolute Gasteiger partial charge is 0.270 e. The summed E-state index contributed by atoms with van der Waals surface area (Å²) < 4.78 is 2.06. The number of carbonyl (C=O) groups is 2. The maximum Gasteiger partial charge on any atom is 0.270 e. The van der Waals surface area contributed by atoms with Crippen molar-refractivity contribution >= 4 is 52.5 Å². The van der Waals surface area contributed by atoms with Crippen LogP contribution in [-0.4, -0.2) is 21.5 Å². The molecule has 0 aliphatic carbocycles. The van der Waals surface area contributed by atoms with Gasteiger partial charge in [0, 0.05) is 22.1 Å². The zero-order chi connectivity index (χ0) is 23.9. The Labute approximate surface area is 203 Å². The van der Waals surface area contributed by atoms with Crippen molar-refractivity contribution in [2.45, 2.75) is 33.6 Å². The van der Waals surface area contributed by atoms with E-state index in [1.807, 2.05) is 68.4 Å². The van der Waals surface area contributed by atoms with Gasteiger partial charge in [-0.25, -0.2) is 0 Å². The highest BCUT2D eigenvalue weighted by Crippen LogP contribution is 2.27. The number of nitrogens with zero attached hydrogens (tertiary/aromatic N) is 2. The second kappa shape index (κ2) is 8.96. The molecule has 168 valence electrons. The number of hydrogen-bond donors (Lipinski definition) is 1. The molecule has 0 radical (unpaired) electrons. The summed E-state index contributed by atoms with van der Waals surface area (Å²) in [6.07, 6.45) is 1.63. The van der Waals surface area contributed by atoms with Crippen LogP contribution in [0, 0.1) is 13.8 Å². The molecule has 4 rings (SSSR count). The molecule has 33 heavy (non-hydrogen) atoms. The lowest BCUT2D eigenvalue weighted by Crippen LogP contribution is -2.54. The number of thiocarbonyl (C=S) groups is 1. The summed E-state index contributed by atoms with van der Waals surface area (Å²) in [5.41, 5.74) is 5.42. The maximum absolute atomic E-state index is 13.4. The number of amides is 2. The predicted molar refractivity (Wildman–Crippen MR) is 137 cm³/mol. The molecule has 0 bridgehead atoms. The largest absolute Gasteiger partial charge is 0.318 e. The number of halogens is 1. The van der Waals surface area contributed by atoms with Gasteiger partial charge in [0.2, 0.25) is 0 Å². The van der Waals surface area contributed by atoms with Crippen molar-refractivity contribution in [3.63, 3.8) is 0 Å². The highest BCUT2D eigenvalue weighted by Gasteiger charge is 2.34. The quantitative estimate of drug-likeness (QED) is 0.298. The van der Waals surface area contributed by atoms with E-state index in [0.29, 0.717) is 16.6 Å². The van der Waals surface area contributed by atoms with Crippen LogP contribution >= 0.6 is 23.8 Å². The van der Waals surface area contributed by atoms with Crippen LogP contribution < -0.4 is 10.2 Å². The fourth-order valence-corrected chi connectivity index (χ4v) is 4.38. The molecule has 1 saturated heterocycles. The molecule has 2 aromatic carbocycles. The summed E-state index contributed by atoms with van der Waals surface area (Å²) in [4.78, 5) is 27.4. The molecule has 1 fully saturated rings. The Balaban J connectivity index is 1.72. The molecule has 1 N–H and O–H groups in total. The molecule has 2 amide bonds. The molecule has 0 atom stereocenters. The van der Waals surface area contributed by atoms with Crippen LogP contribution in [0.4, 0.5) is 5.69 Å². The number of hydrogen-bond acceptors (Lipinski definition) is 3. The van der Waals surface area contributed by atoms with Crippen molar-refractivity contribution in [3.8, 4) is 5.69 Å². The summed E-state index contributed by atoms with van der Waals surface area (Å²) in [5, 5.41) is 3.39. The third kappa shape index (κ3) is 4.36. The monoisotopic (exact) mass is 477 g/mol. The number of benzene rings is 2. The minimum Gasteiger partial charge on any atom is -0.318 e. The van der Waals surface area contributed by atoms with Gasteiger partial charge < -0.3 is 4.57 Å². The summed E-state index contributed by atoms with van der Waals surface area (Å²) in [7, 11) is 0. The van der Waals surface area contributed by atoms with E-state index in [9.17, 15) is 9.59 Å². The van der Waals surface area contributed by atoms with Crippen LogP contribution in [0.1, 0.15) is 42.3 Å². The molecule has 1 aliphatic rings. The summed E-state index contributed by atoms with van der Waals surface area (Å²) >= 11 is 11.4. The predicted octanol–water partition coefficient (Wildman–Crippen LogP) is 5.70. The van der Waals surface area contributed by atoms with Gasteiger partial charge in [-0.1, -0.05) is 37.6 Å². The van der Waals surface area contributed by atoms with Gasteiger partial charge in [0.1, 0.15) is 5.57 Å². The van der Waals surface area contributed by atoms with E-state index in [1.54, 1.807) is 6.08 Å². The fourth-order valence-electron chi connectivity index (χ4n) is 3.98. The highest BCUT2D eigenvalue weighted by atomic mass is 35.5. The van der Waals surface area contributed by atoms with Crippen molar-refractivity contribution in [2.75, 3.05) is 4.90 Å². The van der Waals surface area contributed by atoms with Gasteiger partial charge in [-0.05, 0) is 91.7 Å². The fraction of sp³-hybridized carbons (Fsp3) is 0.192. The zero-order valence-corrected chi connectivity index (χ0v) is 20.4. The van der Waals surface area contributed by atoms with Gasteiger partial charge in [-0.3, -0.25) is 19.8 Å². The van der Waals surface area contributed by atoms with E-state index >= 15 is 0 Å². The third-order valence-corrected chi connectivity index (χ3v) is 6.31. The standard InChI is InChI=1S/C26H24ClN3O2S/c1-15(2)18-5-9-22(10-6-18)30-25(32)23(24(31)28-26(30)33)14-19-13-16(3)29(17(19)4)21-11-7-20(27)8-12-21/h5-15H,1-4H3,(H,28,31,33). The van der Waals surface area contributed by atoms with E-state index in [4.69, 9.17) is 23.8 Å².